The molecule has 0 aromatic heterocycles. The number of carbonyl (C=O) groups excluding carboxylic acids is 2. The first kappa shape index (κ1) is 16.4. The molecule has 0 bridgehead atoms. The summed E-state index contributed by atoms with van der Waals surface area (Å²) in [5, 5.41) is 18.9. The van der Waals surface area contributed by atoms with E-state index in [1.807, 2.05) is 6.92 Å². The standard InChI is InChI=1S/C13H18N4O4/c1-3-14-12-5-4-10(17(20)21)8-11(12)13(19)16-7-6-15-9(2)18/h4-5,8,14H,3,6-7H2,1-2H3,(H,15,18)(H,16,19). The Balaban J connectivity index is 2.81. The van der Waals surface area contributed by atoms with Crippen LogP contribution in [0.25, 0.3) is 0 Å². The van der Waals surface area contributed by atoms with Crippen LogP contribution in [0.4, 0.5) is 11.4 Å². The van der Waals surface area contributed by atoms with Crippen molar-refractivity contribution in [1.82, 2.24) is 10.6 Å². The lowest BCUT2D eigenvalue weighted by Gasteiger charge is -2.11. The summed E-state index contributed by atoms with van der Waals surface area (Å²) in [7, 11) is 0. The fourth-order valence-corrected chi connectivity index (χ4v) is 1.69. The Kier molecular flexibility index (Phi) is 6.12. The van der Waals surface area contributed by atoms with Crippen LogP contribution in [0.1, 0.15) is 24.2 Å². The minimum atomic E-state index is -0.552. The molecular weight excluding hydrogens is 276 g/mol. The Morgan fingerprint density at radius 1 is 1.24 bits per heavy atom. The second-order valence-corrected chi connectivity index (χ2v) is 4.26. The highest BCUT2D eigenvalue weighted by atomic mass is 16.6. The number of carbonyl (C=O) groups is 2. The third kappa shape index (κ3) is 5.09. The third-order valence-electron chi connectivity index (χ3n) is 2.61. The Morgan fingerprint density at radius 2 is 1.90 bits per heavy atom. The number of rotatable bonds is 7. The molecule has 2 amide bonds. The molecule has 1 aromatic rings. The monoisotopic (exact) mass is 294 g/mol. The van der Waals surface area contributed by atoms with Crippen LogP contribution in [0.15, 0.2) is 18.2 Å². The zero-order valence-electron chi connectivity index (χ0n) is 11.9. The first-order valence-electron chi connectivity index (χ1n) is 6.50. The Labute approximate surface area is 122 Å². The molecular formula is C13H18N4O4. The van der Waals surface area contributed by atoms with E-state index in [1.165, 1.54) is 25.1 Å². The lowest BCUT2D eigenvalue weighted by molar-refractivity contribution is -0.384. The maximum atomic E-state index is 12.1. The summed E-state index contributed by atoms with van der Waals surface area (Å²) in [6, 6.07) is 4.07. The summed E-state index contributed by atoms with van der Waals surface area (Å²) >= 11 is 0. The zero-order chi connectivity index (χ0) is 15.8. The van der Waals surface area contributed by atoms with E-state index in [0.717, 1.165) is 0 Å². The molecule has 21 heavy (non-hydrogen) atoms. The molecule has 0 fully saturated rings. The van der Waals surface area contributed by atoms with Gasteiger partial charge in [0.15, 0.2) is 0 Å². The van der Waals surface area contributed by atoms with Crippen LogP contribution in [0, 0.1) is 10.1 Å². The number of non-ortho nitro benzene ring substituents is 1. The van der Waals surface area contributed by atoms with Crippen molar-refractivity contribution < 1.29 is 14.5 Å². The van der Waals surface area contributed by atoms with Gasteiger partial charge in [0, 0.05) is 44.4 Å². The van der Waals surface area contributed by atoms with Gasteiger partial charge >= 0.3 is 0 Å². The molecule has 0 unspecified atom stereocenters. The van der Waals surface area contributed by atoms with Crippen molar-refractivity contribution in [2.75, 3.05) is 25.0 Å². The van der Waals surface area contributed by atoms with E-state index in [2.05, 4.69) is 16.0 Å². The Bertz CT molecular complexity index is 545. The molecule has 0 spiro atoms. The van der Waals surface area contributed by atoms with E-state index in [1.54, 1.807) is 0 Å². The molecule has 3 N–H and O–H groups in total. The number of anilines is 1. The van der Waals surface area contributed by atoms with Gasteiger partial charge in [0.1, 0.15) is 0 Å². The number of hydrogen-bond donors (Lipinski definition) is 3. The summed E-state index contributed by atoms with van der Waals surface area (Å²) in [5.41, 5.74) is 0.581. The fraction of sp³-hybridized carbons (Fsp3) is 0.385. The number of nitrogens with one attached hydrogen (secondary N) is 3. The van der Waals surface area contributed by atoms with Crippen LogP contribution < -0.4 is 16.0 Å². The van der Waals surface area contributed by atoms with Crippen LogP contribution in [-0.2, 0) is 4.79 Å². The lowest BCUT2D eigenvalue weighted by Crippen LogP contribution is -2.34. The predicted octanol–water partition coefficient (Wildman–Crippen LogP) is 0.892. The molecule has 1 rings (SSSR count). The first-order chi connectivity index (χ1) is 9.95. The molecule has 0 aliphatic heterocycles. The van der Waals surface area contributed by atoms with Crippen LogP contribution in [0.3, 0.4) is 0 Å². The number of amides is 2. The summed E-state index contributed by atoms with van der Waals surface area (Å²) < 4.78 is 0. The Hall–Kier alpha value is -2.64. The van der Waals surface area contributed by atoms with Gasteiger partial charge in [-0.25, -0.2) is 0 Å². The smallest absolute Gasteiger partial charge is 0.270 e. The SMILES string of the molecule is CCNc1ccc([N+](=O)[O-])cc1C(=O)NCCNC(C)=O. The summed E-state index contributed by atoms with van der Waals surface area (Å²) in [6.45, 7) is 4.37. The molecule has 0 radical (unpaired) electrons. The molecule has 1 aromatic carbocycles. The average Bonchev–Trinajstić information content (AvgIpc) is 2.43. The molecule has 0 atom stereocenters. The molecule has 0 aliphatic rings. The van der Waals surface area contributed by atoms with E-state index in [9.17, 15) is 19.7 Å². The van der Waals surface area contributed by atoms with Crippen LogP contribution in [0.2, 0.25) is 0 Å². The van der Waals surface area contributed by atoms with E-state index >= 15 is 0 Å². The summed E-state index contributed by atoms with van der Waals surface area (Å²) in [4.78, 5) is 33.0. The van der Waals surface area contributed by atoms with Crippen LogP contribution in [0.5, 0.6) is 0 Å². The van der Waals surface area contributed by atoms with Gasteiger partial charge in [0.25, 0.3) is 11.6 Å². The second-order valence-electron chi connectivity index (χ2n) is 4.26. The van der Waals surface area contributed by atoms with Gasteiger partial charge in [-0.15, -0.1) is 0 Å². The van der Waals surface area contributed by atoms with Crippen molar-refractivity contribution >= 4 is 23.2 Å². The quantitative estimate of drug-likeness (QED) is 0.392. The summed E-state index contributed by atoms with van der Waals surface area (Å²) in [5.74, 6) is -0.618. The Morgan fingerprint density at radius 3 is 2.48 bits per heavy atom. The van der Waals surface area contributed by atoms with Crippen molar-refractivity contribution in [2.24, 2.45) is 0 Å². The minimum Gasteiger partial charge on any atom is -0.385 e. The molecule has 8 heteroatoms. The van der Waals surface area contributed by atoms with Gasteiger partial charge in [0.05, 0.1) is 10.5 Å². The van der Waals surface area contributed by atoms with Crippen LogP contribution >= 0.6 is 0 Å². The highest BCUT2D eigenvalue weighted by Gasteiger charge is 2.16. The zero-order valence-corrected chi connectivity index (χ0v) is 11.9. The normalized spacial score (nSPS) is 9.81. The number of benzene rings is 1. The molecule has 0 saturated carbocycles. The summed E-state index contributed by atoms with van der Waals surface area (Å²) in [6.07, 6.45) is 0. The predicted molar refractivity (Wildman–Crippen MR) is 78.3 cm³/mol. The topological polar surface area (TPSA) is 113 Å². The van der Waals surface area contributed by atoms with E-state index in [0.29, 0.717) is 18.8 Å². The molecule has 114 valence electrons. The highest BCUT2D eigenvalue weighted by Crippen LogP contribution is 2.22. The lowest BCUT2D eigenvalue weighted by atomic mass is 10.1. The van der Waals surface area contributed by atoms with Crippen LogP contribution in [-0.4, -0.2) is 36.4 Å². The van der Waals surface area contributed by atoms with E-state index < -0.39 is 10.8 Å². The number of nitrogens with zero attached hydrogens (tertiary/aromatic N) is 1. The molecule has 0 saturated heterocycles. The van der Waals surface area contributed by atoms with Crippen molar-refractivity contribution in [2.45, 2.75) is 13.8 Å². The van der Waals surface area contributed by atoms with Gasteiger partial charge in [-0.2, -0.15) is 0 Å². The van der Waals surface area contributed by atoms with Crippen molar-refractivity contribution in [3.8, 4) is 0 Å². The second kappa shape index (κ2) is 7.83. The molecule has 0 heterocycles. The van der Waals surface area contributed by atoms with Crippen molar-refractivity contribution in [3.05, 3.63) is 33.9 Å². The fourth-order valence-electron chi connectivity index (χ4n) is 1.69. The van der Waals surface area contributed by atoms with Crippen molar-refractivity contribution in [3.63, 3.8) is 0 Å². The third-order valence-corrected chi connectivity index (χ3v) is 2.61. The van der Waals surface area contributed by atoms with Gasteiger partial charge < -0.3 is 16.0 Å². The maximum Gasteiger partial charge on any atom is 0.270 e. The van der Waals surface area contributed by atoms with Crippen molar-refractivity contribution in [1.29, 1.82) is 0 Å². The number of nitro groups is 1. The van der Waals surface area contributed by atoms with E-state index in [-0.39, 0.29) is 23.7 Å². The highest BCUT2D eigenvalue weighted by molar-refractivity contribution is 6.00. The molecule has 0 aliphatic carbocycles. The number of hydrogen-bond acceptors (Lipinski definition) is 5. The number of nitro benzene ring substituents is 1. The van der Waals surface area contributed by atoms with Gasteiger partial charge in [-0.05, 0) is 13.0 Å². The minimum absolute atomic E-state index is 0.149. The van der Waals surface area contributed by atoms with E-state index in [4.69, 9.17) is 0 Å². The largest absolute Gasteiger partial charge is 0.385 e. The maximum absolute atomic E-state index is 12.1. The van der Waals surface area contributed by atoms with Gasteiger partial charge in [0.2, 0.25) is 5.91 Å². The van der Waals surface area contributed by atoms with Gasteiger partial charge in [-0.1, -0.05) is 0 Å². The first-order valence-corrected chi connectivity index (χ1v) is 6.50. The molecule has 8 nitrogen and oxygen atoms in total. The van der Waals surface area contributed by atoms with Gasteiger partial charge in [-0.3, -0.25) is 19.7 Å². The average molecular weight is 294 g/mol.